The van der Waals surface area contributed by atoms with Crippen LogP contribution in [0.15, 0.2) is 0 Å². The number of aliphatic hydroxyl groups is 3. The van der Waals surface area contributed by atoms with E-state index in [1.54, 1.807) is 21.1 Å². The maximum absolute atomic E-state index is 9.06. The topological polar surface area (TPSA) is 109 Å². The lowest BCUT2D eigenvalue weighted by atomic mass is 10.7. The van der Waals surface area contributed by atoms with E-state index in [2.05, 4.69) is 15.0 Å². The van der Waals surface area contributed by atoms with Gasteiger partial charge in [-0.3, -0.25) is 0 Å². The number of rotatable bonds is 6. The standard InChI is InChI=1S/C9H18N6O3/c1-13(4-16)7-10-8(14(2)5-17)12-9(11-7)15(3)6-18/h16-18H,4-6H2,1-3H3. The molecule has 9 heteroatoms. The maximum Gasteiger partial charge on any atom is 0.233 e. The molecular formula is C9H18N6O3. The fraction of sp³-hybridized carbons (Fsp3) is 0.667. The molecule has 0 spiro atoms. The van der Waals surface area contributed by atoms with Gasteiger partial charge in [0.25, 0.3) is 0 Å². The molecule has 1 aromatic heterocycles. The van der Waals surface area contributed by atoms with Crippen molar-refractivity contribution in [1.29, 1.82) is 0 Å². The van der Waals surface area contributed by atoms with Crippen LogP contribution in [0, 0.1) is 0 Å². The van der Waals surface area contributed by atoms with Crippen molar-refractivity contribution >= 4 is 17.8 Å². The van der Waals surface area contributed by atoms with Gasteiger partial charge in [0.2, 0.25) is 17.8 Å². The highest BCUT2D eigenvalue weighted by molar-refractivity contribution is 5.44. The Morgan fingerprint density at radius 2 is 0.889 bits per heavy atom. The lowest BCUT2D eigenvalue weighted by molar-refractivity contribution is 0.291. The van der Waals surface area contributed by atoms with Crippen LogP contribution in [-0.2, 0) is 0 Å². The van der Waals surface area contributed by atoms with Crippen molar-refractivity contribution < 1.29 is 15.3 Å². The van der Waals surface area contributed by atoms with Crippen molar-refractivity contribution in [3.05, 3.63) is 0 Å². The lowest BCUT2D eigenvalue weighted by Gasteiger charge is -2.21. The minimum Gasteiger partial charge on any atom is -0.376 e. The molecule has 0 aromatic carbocycles. The average Bonchev–Trinajstić information content (AvgIpc) is 2.43. The lowest BCUT2D eigenvalue weighted by Crippen LogP contribution is -2.28. The Hall–Kier alpha value is -1.71. The molecule has 0 atom stereocenters. The second-order valence-electron chi connectivity index (χ2n) is 3.75. The number of anilines is 3. The number of aromatic nitrogens is 3. The Bertz CT molecular complexity index is 321. The van der Waals surface area contributed by atoms with Gasteiger partial charge in [-0.2, -0.15) is 15.0 Å². The fourth-order valence-corrected chi connectivity index (χ4v) is 1.05. The van der Waals surface area contributed by atoms with Crippen LogP contribution < -0.4 is 14.7 Å². The van der Waals surface area contributed by atoms with Crippen LogP contribution in [0.3, 0.4) is 0 Å². The van der Waals surface area contributed by atoms with Gasteiger partial charge in [-0.1, -0.05) is 0 Å². The summed E-state index contributed by atoms with van der Waals surface area (Å²) in [5, 5.41) is 27.2. The quantitative estimate of drug-likeness (QED) is 0.500. The molecule has 0 aliphatic carbocycles. The van der Waals surface area contributed by atoms with Gasteiger partial charge in [0.05, 0.1) is 0 Å². The van der Waals surface area contributed by atoms with E-state index in [1.165, 1.54) is 14.7 Å². The van der Waals surface area contributed by atoms with E-state index in [-0.39, 0.29) is 38.0 Å². The number of nitrogens with zero attached hydrogens (tertiary/aromatic N) is 6. The van der Waals surface area contributed by atoms with Crippen molar-refractivity contribution in [2.24, 2.45) is 0 Å². The summed E-state index contributed by atoms with van der Waals surface area (Å²) in [6.07, 6.45) is 0. The van der Waals surface area contributed by atoms with Crippen molar-refractivity contribution in [2.45, 2.75) is 0 Å². The summed E-state index contributed by atoms with van der Waals surface area (Å²) in [6, 6.07) is 0. The van der Waals surface area contributed by atoms with Crippen LogP contribution in [0.2, 0.25) is 0 Å². The van der Waals surface area contributed by atoms with E-state index in [9.17, 15) is 0 Å². The third kappa shape index (κ3) is 3.15. The average molecular weight is 258 g/mol. The second-order valence-corrected chi connectivity index (χ2v) is 3.75. The van der Waals surface area contributed by atoms with Crippen LogP contribution in [0.4, 0.5) is 17.8 Å². The first-order valence-corrected chi connectivity index (χ1v) is 5.25. The van der Waals surface area contributed by atoms with Gasteiger partial charge < -0.3 is 30.0 Å². The van der Waals surface area contributed by atoms with Gasteiger partial charge in [0.1, 0.15) is 20.2 Å². The zero-order chi connectivity index (χ0) is 13.7. The summed E-state index contributed by atoms with van der Waals surface area (Å²) in [5.41, 5.74) is 0. The largest absolute Gasteiger partial charge is 0.376 e. The highest BCUT2D eigenvalue weighted by Crippen LogP contribution is 2.16. The van der Waals surface area contributed by atoms with Gasteiger partial charge in [-0.25, -0.2) is 0 Å². The highest BCUT2D eigenvalue weighted by atomic mass is 16.3. The third-order valence-electron chi connectivity index (χ3n) is 2.26. The predicted octanol–water partition coefficient (Wildman–Crippen LogP) is -1.97. The zero-order valence-corrected chi connectivity index (χ0v) is 10.6. The Balaban J connectivity index is 3.19. The molecule has 0 unspecified atom stereocenters. The highest BCUT2D eigenvalue weighted by Gasteiger charge is 2.14. The molecule has 1 heterocycles. The van der Waals surface area contributed by atoms with E-state index in [0.717, 1.165) is 0 Å². The molecule has 0 bridgehead atoms. The summed E-state index contributed by atoms with van der Waals surface area (Å²) >= 11 is 0. The second kappa shape index (κ2) is 6.28. The van der Waals surface area contributed by atoms with Crippen molar-refractivity contribution in [3.8, 4) is 0 Å². The van der Waals surface area contributed by atoms with Crippen LogP contribution in [0.5, 0.6) is 0 Å². The number of aliphatic hydroxyl groups excluding tert-OH is 3. The van der Waals surface area contributed by atoms with Gasteiger partial charge in [0, 0.05) is 21.1 Å². The first-order valence-electron chi connectivity index (χ1n) is 5.25. The Kier molecular flexibility index (Phi) is 5.01. The minimum absolute atomic E-state index is 0.248. The normalized spacial score (nSPS) is 10.3. The summed E-state index contributed by atoms with van der Waals surface area (Å²) in [5.74, 6) is 0.745. The fourth-order valence-electron chi connectivity index (χ4n) is 1.05. The molecule has 3 N–H and O–H groups in total. The van der Waals surface area contributed by atoms with Crippen LogP contribution in [0.1, 0.15) is 0 Å². The molecule has 0 amide bonds. The summed E-state index contributed by atoms with van der Waals surface area (Å²) < 4.78 is 0. The van der Waals surface area contributed by atoms with Crippen molar-refractivity contribution in [3.63, 3.8) is 0 Å². The smallest absolute Gasteiger partial charge is 0.233 e. The SMILES string of the molecule is CN(CO)c1nc(N(C)CO)nc(N(C)CO)n1. The molecule has 0 saturated carbocycles. The molecule has 0 saturated heterocycles. The first kappa shape index (κ1) is 14.4. The molecule has 102 valence electrons. The van der Waals surface area contributed by atoms with Crippen LogP contribution in [0.25, 0.3) is 0 Å². The molecule has 0 radical (unpaired) electrons. The van der Waals surface area contributed by atoms with E-state index in [1.807, 2.05) is 0 Å². The molecule has 1 aromatic rings. The van der Waals surface area contributed by atoms with Gasteiger partial charge in [0.15, 0.2) is 0 Å². The summed E-state index contributed by atoms with van der Waals surface area (Å²) in [7, 11) is 4.84. The van der Waals surface area contributed by atoms with Crippen molar-refractivity contribution in [1.82, 2.24) is 15.0 Å². The first-order chi connectivity index (χ1) is 8.53. The molecule has 9 nitrogen and oxygen atoms in total. The van der Waals surface area contributed by atoms with E-state index in [4.69, 9.17) is 15.3 Å². The molecule has 0 aliphatic rings. The van der Waals surface area contributed by atoms with Gasteiger partial charge in [-0.15, -0.1) is 0 Å². The van der Waals surface area contributed by atoms with Gasteiger partial charge >= 0.3 is 0 Å². The molecule has 1 rings (SSSR count). The summed E-state index contributed by atoms with van der Waals surface area (Å²) in [6.45, 7) is -0.766. The Morgan fingerprint density at radius 3 is 1.06 bits per heavy atom. The van der Waals surface area contributed by atoms with E-state index < -0.39 is 0 Å². The molecule has 18 heavy (non-hydrogen) atoms. The van der Waals surface area contributed by atoms with Crippen LogP contribution in [-0.4, -0.2) is 71.6 Å². The van der Waals surface area contributed by atoms with Crippen molar-refractivity contribution in [2.75, 3.05) is 56.0 Å². The maximum atomic E-state index is 9.06. The molecule has 0 fully saturated rings. The van der Waals surface area contributed by atoms with E-state index >= 15 is 0 Å². The van der Waals surface area contributed by atoms with E-state index in [0.29, 0.717) is 0 Å². The Labute approximate surface area is 105 Å². The minimum atomic E-state index is -0.255. The third-order valence-corrected chi connectivity index (χ3v) is 2.26. The van der Waals surface area contributed by atoms with Crippen LogP contribution >= 0.6 is 0 Å². The number of hydrogen-bond acceptors (Lipinski definition) is 9. The number of hydrogen-bond donors (Lipinski definition) is 3. The molecular weight excluding hydrogens is 240 g/mol. The monoisotopic (exact) mass is 258 g/mol. The predicted molar refractivity (Wildman–Crippen MR) is 66.3 cm³/mol. The summed E-state index contributed by atoms with van der Waals surface area (Å²) in [4.78, 5) is 16.5. The molecule has 0 aliphatic heterocycles. The zero-order valence-electron chi connectivity index (χ0n) is 10.6. The van der Waals surface area contributed by atoms with Gasteiger partial charge in [-0.05, 0) is 0 Å². The Morgan fingerprint density at radius 1 is 0.667 bits per heavy atom.